The van der Waals surface area contributed by atoms with Gasteiger partial charge in [0, 0.05) is 7.05 Å². The molecule has 0 saturated heterocycles. The van der Waals surface area contributed by atoms with Gasteiger partial charge in [-0.1, -0.05) is 0 Å². The van der Waals surface area contributed by atoms with Gasteiger partial charge in [0.25, 0.3) is 0 Å². The Morgan fingerprint density at radius 3 is 2.88 bits per heavy atom. The average molecular weight is 226 g/mol. The highest BCUT2D eigenvalue weighted by atomic mass is 16.5. The molecule has 7 heteroatoms. The summed E-state index contributed by atoms with van der Waals surface area (Å²) >= 11 is 0. The summed E-state index contributed by atoms with van der Waals surface area (Å²) in [5.74, 6) is -0.683. The minimum absolute atomic E-state index is 0.0226. The minimum Gasteiger partial charge on any atom is -0.461 e. The number of ether oxygens (including phenoxy) is 1. The lowest BCUT2D eigenvalue weighted by Gasteiger charge is -2.04. The second-order valence-corrected chi connectivity index (χ2v) is 3.00. The van der Waals surface area contributed by atoms with Gasteiger partial charge in [-0.05, 0) is 6.92 Å². The van der Waals surface area contributed by atoms with Crippen LogP contribution in [0.15, 0.2) is 6.33 Å². The molecular formula is C9H14N4O3. The van der Waals surface area contributed by atoms with Crippen molar-refractivity contribution in [1.82, 2.24) is 14.9 Å². The largest absolute Gasteiger partial charge is 0.461 e. The predicted octanol–water partition coefficient (Wildman–Crippen LogP) is -0.612. The number of hydrogen-bond acceptors (Lipinski definition) is 5. The van der Waals surface area contributed by atoms with Crippen molar-refractivity contribution in [3.63, 3.8) is 0 Å². The fourth-order valence-electron chi connectivity index (χ4n) is 1.11. The van der Waals surface area contributed by atoms with Crippen LogP contribution in [0, 0.1) is 0 Å². The Hall–Kier alpha value is -2.05. The first-order valence-electron chi connectivity index (χ1n) is 4.78. The number of rotatable bonds is 4. The van der Waals surface area contributed by atoms with Crippen LogP contribution in [0.4, 0.5) is 5.82 Å². The molecule has 0 saturated carbocycles. The average Bonchev–Trinajstić information content (AvgIpc) is 2.61. The molecule has 16 heavy (non-hydrogen) atoms. The predicted molar refractivity (Wildman–Crippen MR) is 56.7 cm³/mol. The number of carbonyl (C=O) groups is 2. The maximum Gasteiger partial charge on any atom is 0.360 e. The van der Waals surface area contributed by atoms with E-state index in [1.54, 1.807) is 6.92 Å². The summed E-state index contributed by atoms with van der Waals surface area (Å²) < 4.78 is 6.14. The Morgan fingerprint density at radius 1 is 1.62 bits per heavy atom. The lowest BCUT2D eigenvalue weighted by molar-refractivity contribution is -0.121. The van der Waals surface area contributed by atoms with Gasteiger partial charge in [0.05, 0.1) is 12.9 Å². The Labute approximate surface area is 92.6 Å². The number of nitrogens with zero attached hydrogens (tertiary/aromatic N) is 2. The van der Waals surface area contributed by atoms with Gasteiger partial charge in [-0.3, -0.25) is 4.79 Å². The van der Waals surface area contributed by atoms with E-state index in [1.807, 2.05) is 0 Å². The van der Waals surface area contributed by atoms with E-state index < -0.39 is 5.97 Å². The Balaban J connectivity index is 2.84. The van der Waals surface area contributed by atoms with Gasteiger partial charge in [0.2, 0.25) is 5.91 Å². The van der Waals surface area contributed by atoms with Gasteiger partial charge in [-0.15, -0.1) is 0 Å². The molecule has 0 fully saturated rings. The Kier molecular flexibility index (Phi) is 3.87. The third-order valence-corrected chi connectivity index (χ3v) is 1.94. The molecule has 7 nitrogen and oxygen atoms in total. The molecule has 0 atom stereocenters. The van der Waals surface area contributed by atoms with Gasteiger partial charge in [-0.25, -0.2) is 9.78 Å². The van der Waals surface area contributed by atoms with Gasteiger partial charge in [0.15, 0.2) is 5.69 Å². The maximum absolute atomic E-state index is 11.4. The second kappa shape index (κ2) is 5.15. The van der Waals surface area contributed by atoms with Crippen molar-refractivity contribution in [3.05, 3.63) is 12.0 Å². The van der Waals surface area contributed by atoms with Gasteiger partial charge < -0.3 is 20.4 Å². The van der Waals surface area contributed by atoms with Crippen molar-refractivity contribution < 1.29 is 14.3 Å². The number of nitrogen functional groups attached to an aromatic ring is 1. The number of likely N-dealkylation sites (N-methyl/N-ethyl adjacent to an activating group) is 1. The van der Waals surface area contributed by atoms with E-state index >= 15 is 0 Å². The molecule has 1 aromatic heterocycles. The van der Waals surface area contributed by atoms with E-state index in [4.69, 9.17) is 10.5 Å². The molecule has 0 aromatic carbocycles. The Bertz CT molecular complexity index is 399. The molecule has 1 amide bonds. The molecule has 0 unspecified atom stereocenters. The van der Waals surface area contributed by atoms with E-state index in [1.165, 1.54) is 17.9 Å². The van der Waals surface area contributed by atoms with Gasteiger partial charge >= 0.3 is 5.97 Å². The molecule has 0 aliphatic rings. The number of aromatic nitrogens is 2. The molecule has 1 heterocycles. The normalized spacial score (nSPS) is 9.88. The summed E-state index contributed by atoms with van der Waals surface area (Å²) in [7, 11) is 1.52. The third-order valence-electron chi connectivity index (χ3n) is 1.94. The van der Waals surface area contributed by atoms with Crippen LogP contribution < -0.4 is 11.1 Å². The molecule has 88 valence electrons. The van der Waals surface area contributed by atoms with E-state index in [2.05, 4.69) is 10.3 Å². The summed E-state index contributed by atoms with van der Waals surface area (Å²) in [5.41, 5.74) is 5.69. The summed E-state index contributed by atoms with van der Waals surface area (Å²) in [5, 5.41) is 2.45. The number of nitrogens with two attached hydrogens (primary N) is 1. The van der Waals surface area contributed by atoms with Crippen LogP contribution in [-0.2, 0) is 16.1 Å². The lowest BCUT2D eigenvalue weighted by Crippen LogP contribution is -2.24. The smallest absolute Gasteiger partial charge is 0.360 e. The van der Waals surface area contributed by atoms with Gasteiger partial charge in [-0.2, -0.15) is 0 Å². The van der Waals surface area contributed by atoms with Gasteiger partial charge in [0.1, 0.15) is 12.4 Å². The van der Waals surface area contributed by atoms with Crippen LogP contribution in [-0.4, -0.2) is 35.1 Å². The van der Waals surface area contributed by atoms with Crippen LogP contribution in [0.3, 0.4) is 0 Å². The molecule has 0 spiro atoms. The maximum atomic E-state index is 11.4. The molecule has 0 radical (unpaired) electrons. The number of imidazole rings is 1. The van der Waals surface area contributed by atoms with Crippen LogP contribution in [0.25, 0.3) is 0 Å². The Morgan fingerprint density at radius 2 is 2.31 bits per heavy atom. The zero-order chi connectivity index (χ0) is 12.1. The summed E-state index contributed by atoms with van der Waals surface area (Å²) in [6, 6.07) is 0. The topological polar surface area (TPSA) is 99.2 Å². The highest BCUT2D eigenvalue weighted by Crippen LogP contribution is 2.11. The van der Waals surface area contributed by atoms with Crippen molar-refractivity contribution >= 4 is 17.7 Å². The van der Waals surface area contributed by atoms with Crippen LogP contribution in [0.1, 0.15) is 17.4 Å². The van der Waals surface area contributed by atoms with E-state index in [0.29, 0.717) is 0 Å². The number of anilines is 1. The van der Waals surface area contributed by atoms with Crippen molar-refractivity contribution in [1.29, 1.82) is 0 Å². The number of esters is 1. The molecular weight excluding hydrogens is 212 g/mol. The molecule has 3 N–H and O–H groups in total. The lowest BCUT2D eigenvalue weighted by atomic mass is 10.4. The molecule has 1 rings (SSSR count). The standard InChI is InChI=1S/C9H14N4O3/c1-3-16-9(15)7-8(10)13(5-12-7)4-6(14)11-2/h5H,3-4,10H2,1-2H3,(H,11,14). The highest BCUT2D eigenvalue weighted by molar-refractivity contribution is 5.92. The quantitative estimate of drug-likeness (QED) is 0.667. The van der Waals surface area contributed by atoms with E-state index in [0.717, 1.165) is 0 Å². The first kappa shape index (κ1) is 12.0. The second-order valence-electron chi connectivity index (χ2n) is 3.00. The summed E-state index contributed by atoms with van der Waals surface area (Å²) in [6.45, 7) is 1.96. The SMILES string of the molecule is CCOC(=O)c1ncn(CC(=O)NC)c1N. The number of amides is 1. The number of hydrogen-bond donors (Lipinski definition) is 2. The molecule has 0 aliphatic heterocycles. The molecule has 1 aromatic rings. The molecule has 0 bridgehead atoms. The van der Waals surface area contributed by atoms with Crippen LogP contribution >= 0.6 is 0 Å². The molecule has 0 aliphatic carbocycles. The van der Waals surface area contributed by atoms with Crippen LogP contribution in [0.5, 0.6) is 0 Å². The van der Waals surface area contributed by atoms with Crippen molar-refractivity contribution in [2.45, 2.75) is 13.5 Å². The van der Waals surface area contributed by atoms with Crippen molar-refractivity contribution in [2.24, 2.45) is 0 Å². The van der Waals surface area contributed by atoms with E-state index in [9.17, 15) is 9.59 Å². The number of nitrogens with one attached hydrogen (secondary N) is 1. The van der Waals surface area contributed by atoms with Crippen molar-refractivity contribution in [2.75, 3.05) is 19.4 Å². The monoisotopic (exact) mass is 226 g/mol. The minimum atomic E-state index is -0.587. The van der Waals surface area contributed by atoms with E-state index in [-0.39, 0.29) is 30.6 Å². The summed E-state index contributed by atoms with van der Waals surface area (Å²) in [6.07, 6.45) is 1.33. The zero-order valence-corrected chi connectivity index (χ0v) is 9.19. The highest BCUT2D eigenvalue weighted by Gasteiger charge is 2.17. The first-order valence-corrected chi connectivity index (χ1v) is 4.78. The fourth-order valence-corrected chi connectivity index (χ4v) is 1.11. The fraction of sp³-hybridized carbons (Fsp3) is 0.444. The number of carbonyl (C=O) groups excluding carboxylic acids is 2. The van der Waals surface area contributed by atoms with Crippen LogP contribution in [0.2, 0.25) is 0 Å². The zero-order valence-electron chi connectivity index (χ0n) is 9.19. The summed E-state index contributed by atoms with van der Waals surface area (Å²) in [4.78, 5) is 26.3. The first-order chi connectivity index (χ1) is 7.60. The third kappa shape index (κ3) is 2.50. The van der Waals surface area contributed by atoms with Crippen molar-refractivity contribution in [3.8, 4) is 0 Å².